The van der Waals surface area contributed by atoms with Crippen LogP contribution in [0.5, 0.6) is 0 Å². The Morgan fingerprint density at radius 1 is 1.53 bits per heavy atom. The maximum absolute atomic E-state index is 11.3. The van der Waals surface area contributed by atoms with Gasteiger partial charge in [0, 0.05) is 11.3 Å². The van der Waals surface area contributed by atoms with Gasteiger partial charge in [0.1, 0.15) is 0 Å². The smallest absolute Gasteiger partial charge is 0.251 e. The number of thiophene rings is 1. The number of nitrogen functional groups attached to an aromatic ring is 1. The van der Waals surface area contributed by atoms with Crippen molar-refractivity contribution < 1.29 is 9.53 Å². The van der Waals surface area contributed by atoms with E-state index in [9.17, 15) is 4.79 Å². The van der Waals surface area contributed by atoms with Crippen molar-refractivity contribution in [3.63, 3.8) is 0 Å². The van der Waals surface area contributed by atoms with E-state index in [1.807, 2.05) is 13.8 Å². The van der Waals surface area contributed by atoms with Crippen LogP contribution in [0.25, 0.3) is 0 Å². The summed E-state index contributed by atoms with van der Waals surface area (Å²) in [6, 6.07) is 0. The largest absolute Gasteiger partial charge is 0.390 e. The van der Waals surface area contributed by atoms with Crippen molar-refractivity contribution in [1.29, 1.82) is 0 Å². The second-order valence-electron chi connectivity index (χ2n) is 3.84. The zero-order valence-electron chi connectivity index (χ0n) is 8.74. The molecular formula is C10H14N2O2S. The lowest BCUT2D eigenvalue weighted by Gasteiger charge is -2.25. The average Bonchev–Trinajstić information content (AvgIpc) is 2.41. The van der Waals surface area contributed by atoms with Crippen molar-refractivity contribution in [2.24, 2.45) is 5.73 Å². The highest BCUT2D eigenvalue weighted by Gasteiger charge is 2.29. The number of carbonyl (C=O) groups excluding carboxylic acids is 1. The fraction of sp³-hybridized carbons (Fsp3) is 0.500. The third-order valence-electron chi connectivity index (χ3n) is 2.61. The molecule has 0 saturated heterocycles. The highest BCUT2D eigenvalue weighted by atomic mass is 32.1. The standard InChI is InChI=1S/C10H14N2O2S/c1-4-3-6-7(9(11)13)10(12)15-8(6)5(2)14-4/h4-5H,3,12H2,1-2H3,(H2,11,13). The molecule has 0 saturated carbocycles. The van der Waals surface area contributed by atoms with Crippen molar-refractivity contribution >= 4 is 22.2 Å². The molecule has 0 radical (unpaired) electrons. The molecule has 2 unspecified atom stereocenters. The van der Waals surface area contributed by atoms with Gasteiger partial charge in [-0.25, -0.2) is 0 Å². The van der Waals surface area contributed by atoms with E-state index in [1.165, 1.54) is 11.3 Å². The number of nitrogens with two attached hydrogens (primary N) is 2. The summed E-state index contributed by atoms with van der Waals surface area (Å²) in [4.78, 5) is 12.3. The summed E-state index contributed by atoms with van der Waals surface area (Å²) in [6.45, 7) is 3.95. The predicted octanol–water partition coefficient (Wildman–Crippen LogP) is 1.45. The summed E-state index contributed by atoms with van der Waals surface area (Å²) in [7, 11) is 0. The van der Waals surface area contributed by atoms with Gasteiger partial charge >= 0.3 is 0 Å². The topological polar surface area (TPSA) is 78.3 Å². The molecule has 1 aromatic rings. The van der Waals surface area contributed by atoms with E-state index in [4.69, 9.17) is 16.2 Å². The average molecular weight is 226 g/mol. The Kier molecular flexibility index (Phi) is 2.44. The van der Waals surface area contributed by atoms with E-state index in [1.54, 1.807) is 0 Å². The lowest BCUT2D eigenvalue weighted by molar-refractivity contribution is -0.00226. The first kappa shape index (κ1) is 10.4. The molecule has 2 atom stereocenters. The minimum Gasteiger partial charge on any atom is -0.390 e. The van der Waals surface area contributed by atoms with Gasteiger partial charge in [-0.05, 0) is 19.4 Å². The first-order valence-corrected chi connectivity index (χ1v) is 5.68. The van der Waals surface area contributed by atoms with Gasteiger partial charge in [-0.2, -0.15) is 0 Å². The predicted molar refractivity (Wildman–Crippen MR) is 59.9 cm³/mol. The number of rotatable bonds is 1. The second kappa shape index (κ2) is 3.50. The Labute approximate surface area is 92.2 Å². The number of amides is 1. The van der Waals surface area contributed by atoms with Crippen molar-refractivity contribution in [2.75, 3.05) is 5.73 Å². The maximum Gasteiger partial charge on any atom is 0.251 e. The molecule has 1 aliphatic rings. The van der Waals surface area contributed by atoms with Crippen LogP contribution in [0.4, 0.5) is 5.00 Å². The molecule has 2 rings (SSSR count). The van der Waals surface area contributed by atoms with E-state index in [2.05, 4.69) is 0 Å². The fourth-order valence-corrected chi connectivity index (χ4v) is 3.14. The Morgan fingerprint density at radius 2 is 2.20 bits per heavy atom. The second-order valence-corrected chi connectivity index (χ2v) is 4.93. The Bertz CT molecular complexity index is 414. The highest BCUT2D eigenvalue weighted by Crippen LogP contribution is 2.40. The molecule has 82 valence electrons. The van der Waals surface area contributed by atoms with Crippen LogP contribution in [0.2, 0.25) is 0 Å². The number of fused-ring (bicyclic) bond motifs is 1. The molecule has 0 aliphatic carbocycles. The van der Waals surface area contributed by atoms with E-state index in [-0.39, 0.29) is 12.2 Å². The first-order chi connectivity index (χ1) is 7.00. The molecule has 0 bridgehead atoms. The molecule has 1 amide bonds. The Morgan fingerprint density at radius 3 is 2.80 bits per heavy atom. The van der Waals surface area contributed by atoms with Gasteiger partial charge in [-0.15, -0.1) is 11.3 Å². The molecule has 0 spiro atoms. The first-order valence-electron chi connectivity index (χ1n) is 4.87. The molecule has 2 heterocycles. The molecule has 5 heteroatoms. The SMILES string of the molecule is CC1Cc2c(sc(N)c2C(N)=O)C(C)O1. The molecule has 4 N–H and O–H groups in total. The molecular weight excluding hydrogens is 212 g/mol. The van der Waals surface area contributed by atoms with Crippen LogP contribution >= 0.6 is 11.3 Å². The van der Waals surface area contributed by atoms with Crippen molar-refractivity contribution in [2.45, 2.75) is 32.5 Å². The number of hydrogen-bond acceptors (Lipinski definition) is 4. The van der Waals surface area contributed by atoms with Crippen LogP contribution in [0.1, 0.15) is 40.8 Å². The molecule has 1 aliphatic heterocycles. The van der Waals surface area contributed by atoms with E-state index in [0.29, 0.717) is 17.0 Å². The molecule has 0 fully saturated rings. The lowest BCUT2D eigenvalue weighted by atomic mass is 9.99. The van der Waals surface area contributed by atoms with Gasteiger partial charge in [-0.3, -0.25) is 4.79 Å². The molecule has 4 nitrogen and oxygen atoms in total. The van der Waals surface area contributed by atoms with Crippen molar-refractivity contribution in [3.05, 3.63) is 16.0 Å². The number of carbonyl (C=O) groups is 1. The Hall–Kier alpha value is -1.07. The van der Waals surface area contributed by atoms with Gasteiger partial charge in [0.15, 0.2) is 0 Å². The summed E-state index contributed by atoms with van der Waals surface area (Å²) in [5, 5.41) is 0.511. The van der Waals surface area contributed by atoms with Crippen LogP contribution in [0, 0.1) is 0 Å². The van der Waals surface area contributed by atoms with Crippen LogP contribution in [-0.2, 0) is 11.2 Å². The molecule has 15 heavy (non-hydrogen) atoms. The summed E-state index contributed by atoms with van der Waals surface area (Å²) >= 11 is 1.41. The van der Waals surface area contributed by atoms with Crippen molar-refractivity contribution in [1.82, 2.24) is 0 Å². The summed E-state index contributed by atoms with van der Waals surface area (Å²) < 4.78 is 5.66. The third kappa shape index (κ3) is 1.61. The fourth-order valence-electron chi connectivity index (χ4n) is 2.05. The van der Waals surface area contributed by atoms with Gasteiger partial charge in [0.2, 0.25) is 0 Å². The zero-order valence-corrected chi connectivity index (χ0v) is 9.56. The van der Waals surface area contributed by atoms with Gasteiger partial charge in [-0.1, -0.05) is 0 Å². The number of primary amides is 1. The van der Waals surface area contributed by atoms with Gasteiger partial charge in [0.05, 0.1) is 22.8 Å². The normalized spacial score (nSPS) is 24.9. The van der Waals surface area contributed by atoms with E-state index in [0.717, 1.165) is 10.4 Å². The van der Waals surface area contributed by atoms with Crippen molar-refractivity contribution in [3.8, 4) is 0 Å². The summed E-state index contributed by atoms with van der Waals surface area (Å²) in [5.41, 5.74) is 12.6. The molecule has 0 aromatic carbocycles. The quantitative estimate of drug-likeness (QED) is 0.760. The zero-order chi connectivity index (χ0) is 11.2. The van der Waals surface area contributed by atoms with Crippen LogP contribution < -0.4 is 11.5 Å². The summed E-state index contributed by atoms with van der Waals surface area (Å²) in [6.07, 6.45) is 0.829. The van der Waals surface area contributed by atoms with Crippen LogP contribution in [0.15, 0.2) is 0 Å². The number of ether oxygens (including phenoxy) is 1. The number of hydrogen-bond donors (Lipinski definition) is 2. The van der Waals surface area contributed by atoms with Crippen LogP contribution in [0.3, 0.4) is 0 Å². The Balaban J connectivity index is 2.56. The highest BCUT2D eigenvalue weighted by molar-refractivity contribution is 7.16. The summed E-state index contributed by atoms with van der Waals surface area (Å²) in [5.74, 6) is -0.439. The van der Waals surface area contributed by atoms with Gasteiger partial charge < -0.3 is 16.2 Å². The molecule has 1 aromatic heterocycles. The van der Waals surface area contributed by atoms with E-state index >= 15 is 0 Å². The number of anilines is 1. The third-order valence-corrected chi connectivity index (χ3v) is 3.83. The maximum atomic E-state index is 11.3. The van der Waals surface area contributed by atoms with E-state index < -0.39 is 5.91 Å². The van der Waals surface area contributed by atoms with Crippen LogP contribution in [-0.4, -0.2) is 12.0 Å². The minimum atomic E-state index is -0.439. The monoisotopic (exact) mass is 226 g/mol. The van der Waals surface area contributed by atoms with Gasteiger partial charge in [0.25, 0.3) is 5.91 Å². The lowest BCUT2D eigenvalue weighted by Crippen LogP contribution is -2.23. The minimum absolute atomic E-state index is 0.00384.